The van der Waals surface area contributed by atoms with Gasteiger partial charge in [0.05, 0.1) is 18.9 Å². The van der Waals surface area contributed by atoms with Crippen LogP contribution in [0, 0.1) is 13.0 Å². The number of methoxy groups -OCH3 is 1. The molecule has 9 heavy (non-hydrogen) atoms. The number of hydrogen-bond donors (Lipinski definition) is 0. The van der Waals surface area contributed by atoms with E-state index < -0.39 is 0 Å². The van der Waals surface area contributed by atoms with Gasteiger partial charge in [0.25, 0.3) is 0 Å². The van der Waals surface area contributed by atoms with Crippen molar-refractivity contribution in [3.8, 4) is 5.88 Å². The molecule has 0 aromatic carbocycles. The lowest BCUT2D eigenvalue weighted by atomic mass is 10.5. The van der Waals surface area contributed by atoms with Crippen LogP contribution in [0.25, 0.3) is 0 Å². The lowest BCUT2D eigenvalue weighted by Crippen LogP contribution is -1.94. The minimum Gasteiger partial charge on any atom is -0.481 e. The van der Waals surface area contributed by atoms with Crippen LogP contribution in [0.15, 0.2) is 0 Å². The molecular weight excluding hydrogens is 116 g/mol. The Morgan fingerprint density at radius 3 is 2.56 bits per heavy atom. The van der Waals surface area contributed by atoms with Crippen molar-refractivity contribution in [1.29, 1.82) is 0 Å². The molecule has 3 heteroatoms. The number of rotatable bonds is 1. The van der Waals surface area contributed by atoms with E-state index >= 15 is 0 Å². The molecule has 0 amide bonds. The molecule has 1 heterocycles. The summed E-state index contributed by atoms with van der Waals surface area (Å²) in [5, 5.41) is 4.02. The Morgan fingerprint density at radius 1 is 1.67 bits per heavy atom. The van der Waals surface area contributed by atoms with Gasteiger partial charge in [0.1, 0.15) is 0 Å². The molecule has 0 aliphatic carbocycles. The van der Waals surface area contributed by atoms with Crippen molar-refractivity contribution in [1.82, 2.24) is 9.78 Å². The molecule has 1 rings (SSSR count). The van der Waals surface area contributed by atoms with Crippen LogP contribution in [0.5, 0.6) is 5.88 Å². The smallest absolute Gasteiger partial charge is 0.219 e. The first kappa shape index (κ1) is 6.13. The molecule has 0 bridgehead atoms. The summed E-state index contributed by atoms with van der Waals surface area (Å²) in [6.45, 7) is 1.88. The molecule has 1 radical (unpaired) electrons. The fourth-order valence-corrected chi connectivity index (χ4v) is 0.714. The Labute approximate surface area is 54.2 Å². The zero-order valence-electron chi connectivity index (χ0n) is 5.80. The van der Waals surface area contributed by atoms with E-state index in [0.29, 0.717) is 5.88 Å². The maximum absolute atomic E-state index is 4.91. The fraction of sp³-hybridized carbons (Fsp3) is 0.500. The lowest BCUT2D eigenvalue weighted by molar-refractivity contribution is 0.372. The first-order chi connectivity index (χ1) is 4.24. The Kier molecular flexibility index (Phi) is 1.42. The second kappa shape index (κ2) is 2.09. The van der Waals surface area contributed by atoms with Crippen molar-refractivity contribution in [3.63, 3.8) is 0 Å². The maximum Gasteiger partial charge on any atom is 0.219 e. The highest BCUT2D eigenvalue weighted by Gasteiger charge is 1.98. The van der Waals surface area contributed by atoms with Crippen LogP contribution < -0.4 is 4.74 Å². The second-order valence-electron chi connectivity index (χ2n) is 1.84. The third-order valence-corrected chi connectivity index (χ3v) is 1.08. The van der Waals surface area contributed by atoms with Crippen LogP contribution in [0.1, 0.15) is 5.69 Å². The van der Waals surface area contributed by atoms with E-state index in [-0.39, 0.29) is 0 Å². The summed E-state index contributed by atoms with van der Waals surface area (Å²) in [5.74, 6) is 0.674. The van der Waals surface area contributed by atoms with Gasteiger partial charge in [-0.1, -0.05) is 0 Å². The van der Waals surface area contributed by atoms with Crippen LogP contribution in [0.3, 0.4) is 0 Å². The van der Waals surface area contributed by atoms with Crippen LogP contribution in [-0.4, -0.2) is 16.9 Å². The molecule has 1 aromatic rings. The normalized spacial score (nSPS) is 9.67. The number of aryl methyl sites for hydroxylation is 2. The average molecular weight is 125 g/mol. The first-order valence-electron chi connectivity index (χ1n) is 2.71. The van der Waals surface area contributed by atoms with Gasteiger partial charge in [-0.25, -0.2) is 4.68 Å². The van der Waals surface area contributed by atoms with Crippen molar-refractivity contribution in [2.24, 2.45) is 7.05 Å². The van der Waals surface area contributed by atoms with Crippen molar-refractivity contribution in [2.45, 2.75) is 6.92 Å². The molecule has 0 saturated carbocycles. The molecule has 0 N–H and O–H groups in total. The van der Waals surface area contributed by atoms with E-state index in [4.69, 9.17) is 4.74 Å². The second-order valence-corrected chi connectivity index (χ2v) is 1.84. The Hall–Kier alpha value is -0.990. The number of ether oxygens (including phenoxy) is 1. The Bertz CT molecular complexity index is 205. The van der Waals surface area contributed by atoms with Crippen molar-refractivity contribution in [3.05, 3.63) is 11.8 Å². The highest BCUT2D eigenvalue weighted by Crippen LogP contribution is 2.07. The quantitative estimate of drug-likeness (QED) is 0.547. The van der Waals surface area contributed by atoms with Crippen LogP contribution in [-0.2, 0) is 7.05 Å². The van der Waals surface area contributed by atoms with E-state index in [1.165, 1.54) is 0 Å². The third-order valence-electron chi connectivity index (χ3n) is 1.08. The number of aromatic nitrogens is 2. The van der Waals surface area contributed by atoms with Crippen LogP contribution in [0.4, 0.5) is 0 Å². The molecule has 0 unspecified atom stereocenters. The van der Waals surface area contributed by atoms with Crippen LogP contribution >= 0.6 is 0 Å². The maximum atomic E-state index is 4.91. The highest BCUT2D eigenvalue weighted by molar-refractivity contribution is 5.11. The number of hydrogen-bond acceptors (Lipinski definition) is 2. The van der Waals surface area contributed by atoms with Gasteiger partial charge in [-0.3, -0.25) is 0 Å². The fourth-order valence-electron chi connectivity index (χ4n) is 0.714. The molecule has 0 atom stereocenters. The summed E-state index contributed by atoms with van der Waals surface area (Å²) >= 11 is 0. The van der Waals surface area contributed by atoms with E-state index in [0.717, 1.165) is 5.69 Å². The predicted molar refractivity (Wildman–Crippen MR) is 33.3 cm³/mol. The van der Waals surface area contributed by atoms with Gasteiger partial charge in [0.15, 0.2) is 0 Å². The molecule has 0 aliphatic rings. The summed E-state index contributed by atoms with van der Waals surface area (Å²) in [6.07, 6.45) is 0. The van der Waals surface area contributed by atoms with E-state index in [2.05, 4.69) is 11.2 Å². The molecule has 1 aromatic heterocycles. The van der Waals surface area contributed by atoms with Crippen molar-refractivity contribution >= 4 is 0 Å². The predicted octanol–water partition coefficient (Wildman–Crippen LogP) is 0.537. The first-order valence-corrected chi connectivity index (χ1v) is 2.71. The average Bonchev–Trinajstić information content (AvgIpc) is 2.10. The van der Waals surface area contributed by atoms with Gasteiger partial charge in [0.2, 0.25) is 5.88 Å². The third kappa shape index (κ3) is 1.04. The lowest BCUT2D eigenvalue weighted by Gasteiger charge is -1.95. The van der Waals surface area contributed by atoms with Crippen LogP contribution in [0.2, 0.25) is 0 Å². The molecule has 49 valence electrons. The molecule has 0 fully saturated rings. The van der Waals surface area contributed by atoms with Gasteiger partial charge in [-0.2, -0.15) is 5.10 Å². The minimum absolute atomic E-state index is 0.674. The summed E-state index contributed by atoms with van der Waals surface area (Å²) in [6, 6.07) is 2.92. The van der Waals surface area contributed by atoms with E-state index in [1.807, 2.05) is 14.0 Å². The van der Waals surface area contributed by atoms with E-state index in [9.17, 15) is 0 Å². The monoisotopic (exact) mass is 125 g/mol. The molecule has 3 nitrogen and oxygen atoms in total. The summed E-state index contributed by atoms with van der Waals surface area (Å²) in [4.78, 5) is 0. The zero-order valence-corrected chi connectivity index (χ0v) is 5.80. The molecule has 0 saturated heterocycles. The summed E-state index contributed by atoms with van der Waals surface area (Å²) in [5.41, 5.74) is 0.856. The van der Waals surface area contributed by atoms with E-state index in [1.54, 1.807) is 11.8 Å². The van der Waals surface area contributed by atoms with Gasteiger partial charge in [-0.05, 0) is 6.92 Å². The molecular formula is C6H9N2O. The van der Waals surface area contributed by atoms with Crippen molar-refractivity contribution in [2.75, 3.05) is 7.11 Å². The van der Waals surface area contributed by atoms with Gasteiger partial charge in [-0.15, -0.1) is 0 Å². The molecule has 0 spiro atoms. The topological polar surface area (TPSA) is 27.1 Å². The summed E-state index contributed by atoms with van der Waals surface area (Å²) < 4.78 is 6.56. The van der Waals surface area contributed by atoms with Gasteiger partial charge < -0.3 is 4.74 Å². The van der Waals surface area contributed by atoms with Crippen molar-refractivity contribution < 1.29 is 4.74 Å². The highest BCUT2D eigenvalue weighted by atomic mass is 16.5. The van der Waals surface area contributed by atoms with Gasteiger partial charge >= 0.3 is 0 Å². The standard InChI is InChI=1S/C6H9N2O/c1-5-4-6(9-3)8(2)7-5/h1-3H3. The SMILES string of the molecule is COc1[c]c(C)nn1C. The van der Waals surface area contributed by atoms with Gasteiger partial charge in [0, 0.05) is 7.05 Å². The Balaban J connectivity index is 3.01. The summed E-state index contributed by atoms with van der Waals surface area (Å²) in [7, 11) is 3.43. The Morgan fingerprint density at radius 2 is 2.33 bits per heavy atom. The number of nitrogens with zero attached hydrogens (tertiary/aromatic N) is 2. The molecule has 0 aliphatic heterocycles. The largest absolute Gasteiger partial charge is 0.481 e. The zero-order chi connectivity index (χ0) is 6.85. The minimum atomic E-state index is 0.674.